The standard InChI is InChI=1S/C11H11N2O/c1-6(2)8-5-10-9(4-7(8)3)12-11(14)13-10/h4-5H,1H2,2-3H3,(H,12,14). The lowest BCUT2D eigenvalue weighted by atomic mass is 10.0. The van der Waals surface area contributed by atoms with Crippen LogP contribution in [-0.4, -0.2) is 6.03 Å². The van der Waals surface area contributed by atoms with Gasteiger partial charge in [-0.25, -0.2) is 4.79 Å². The first kappa shape index (κ1) is 8.81. The summed E-state index contributed by atoms with van der Waals surface area (Å²) in [6.45, 7) is 7.82. The van der Waals surface area contributed by atoms with Gasteiger partial charge in [0, 0.05) is 0 Å². The lowest BCUT2D eigenvalue weighted by Crippen LogP contribution is -2.08. The second kappa shape index (κ2) is 2.87. The minimum atomic E-state index is -0.293. The maximum atomic E-state index is 11.0. The molecule has 1 aliphatic rings. The number of hydrogen-bond acceptors (Lipinski definition) is 1. The second-order valence-electron chi connectivity index (χ2n) is 3.51. The van der Waals surface area contributed by atoms with Crippen LogP contribution >= 0.6 is 0 Å². The molecule has 1 heterocycles. The molecule has 1 aromatic carbocycles. The smallest absolute Gasteiger partial charge is 0.304 e. The van der Waals surface area contributed by atoms with E-state index in [4.69, 9.17) is 0 Å². The van der Waals surface area contributed by atoms with Gasteiger partial charge in [0.25, 0.3) is 0 Å². The Morgan fingerprint density at radius 1 is 1.50 bits per heavy atom. The molecule has 2 amide bonds. The van der Waals surface area contributed by atoms with Crippen LogP contribution in [0.3, 0.4) is 0 Å². The summed E-state index contributed by atoms with van der Waals surface area (Å²) >= 11 is 0. The van der Waals surface area contributed by atoms with Crippen molar-refractivity contribution in [2.45, 2.75) is 13.8 Å². The molecule has 71 valence electrons. The Bertz CT molecular complexity index is 435. The molecular weight excluding hydrogens is 176 g/mol. The third-order valence-electron chi connectivity index (χ3n) is 2.27. The van der Waals surface area contributed by atoms with Crippen LogP contribution in [0.2, 0.25) is 0 Å². The minimum Gasteiger partial charge on any atom is -0.304 e. The summed E-state index contributed by atoms with van der Waals surface area (Å²) in [5.74, 6) is 0. The molecule has 1 radical (unpaired) electrons. The van der Waals surface area contributed by atoms with E-state index in [2.05, 4.69) is 17.2 Å². The molecule has 0 saturated heterocycles. The van der Waals surface area contributed by atoms with Crippen LogP contribution in [0, 0.1) is 6.92 Å². The Labute approximate surface area is 82.8 Å². The van der Waals surface area contributed by atoms with Gasteiger partial charge in [0.2, 0.25) is 0 Å². The van der Waals surface area contributed by atoms with E-state index in [0.717, 1.165) is 22.4 Å². The zero-order chi connectivity index (χ0) is 10.3. The van der Waals surface area contributed by atoms with E-state index in [1.807, 2.05) is 26.0 Å². The molecule has 0 bridgehead atoms. The van der Waals surface area contributed by atoms with Crippen molar-refractivity contribution in [2.24, 2.45) is 0 Å². The number of hydrogen-bond donors (Lipinski definition) is 1. The third kappa shape index (κ3) is 1.27. The van der Waals surface area contributed by atoms with Gasteiger partial charge in [-0.2, -0.15) is 5.32 Å². The molecular formula is C11H11N2O. The summed E-state index contributed by atoms with van der Waals surface area (Å²) in [4.78, 5) is 11.0. The minimum absolute atomic E-state index is 0.293. The summed E-state index contributed by atoms with van der Waals surface area (Å²) in [6.07, 6.45) is 0. The number of benzene rings is 1. The lowest BCUT2D eigenvalue weighted by molar-refractivity contribution is 0.256. The van der Waals surface area contributed by atoms with Crippen molar-refractivity contribution < 1.29 is 4.79 Å². The van der Waals surface area contributed by atoms with Crippen LogP contribution in [-0.2, 0) is 0 Å². The Balaban J connectivity index is 2.55. The fourth-order valence-electron chi connectivity index (χ4n) is 1.60. The number of fused-ring (bicyclic) bond motifs is 1. The van der Waals surface area contributed by atoms with Crippen LogP contribution in [0.25, 0.3) is 5.57 Å². The molecule has 0 fully saturated rings. The molecule has 0 saturated carbocycles. The van der Waals surface area contributed by atoms with Crippen LogP contribution in [0.5, 0.6) is 0 Å². The quantitative estimate of drug-likeness (QED) is 0.721. The van der Waals surface area contributed by atoms with Crippen molar-refractivity contribution >= 4 is 23.0 Å². The van der Waals surface area contributed by atoms with Gasteiger partial charge < -0.3 is 5.32 Å². The Morgan fingerprint density at radius 3 is 2.86 bits per heavy atom. The normalized spacial score (nSPS) is 13.1. The van der Waals surface area contributed by atoms with E-state index < -0.39 is 0 Å². The molecule has 2 rings (SSSR count). The van der Waals surface area contributed by atoms with Crippen LogP contribution in [0.1, 0.15) is 18.1 Å². The SMILES string of the molecule is C=C(C)c1cc2c(cc1C)NC(=O)[N]2. The van der Waals surface area contributed by atoms with Crippen molar-refractivity contribution in [1.29, 1.82) is 0 Å². The lowest BCUT2D eigenvalue weighted by Gasteiger charge is -2.06. The number of aryl methyl sites for hydroxylation is 1. The van der Waals surface area contributed by atoms with E-state index in [0.29, 0.717) is 5.69 Å². The highest BCUT2D eigenvalue weighted by Gasteiger charge is 2.20. The maximum Gasteiger partial charge on any atom is 0.346 e. The van der Waals surface area contributed by atoms with Crippen molar-refractivity contribution in [1.82, 2.24) is 5.32 Å². The predicted molar refractivity (Wildman–Crippen MR) is 56.7 cm³/mol. The van der Waals surface area contributed by atoms with Gasteiger partial charge >= 0.3 is 6.03 Å². The number of nitrogens with zero attached hydrogens (tertiary/aromatic N) is 1. The van der Waals surface area contributed by atoms with E-state index in [9.17, 15) is 4.79 Å². The molecule has 0 unspecified atom stereocenters. The number of anilines is 1. The fraction of sp³-hybridized carbons (Fsp3) is 0.182. The van der Waals surface area contributed by atoms with Gasteiger partial charge in [-0.1, -0.05) is 12.2 Å². The highest BCUT2D eigenvalue weighted by molar-refractivity contribution is 6.02. The Kier molecular flexibility index (Phi) is 1.81. The molecule has 0 atom stereocenters. The van der Waals surface area contributed by atoms with E-state index in [1.54, 1.807) is 0 Å². The van der Waals surface area contributed by atoms with Gasteiger partial charge in [-0.05, 0) is 37.1 Å². The fourth-order valence-corrected chi connectivity index (χ4v) is 1.60. The zero-order valence-electron chi connectivity index (χ0n) is 8.22. The van der Waals surface area contributed by atoms with Gasteiger partial charge in [0.05, 0.1) is 11.4 Å². The number of carbonyl (C=O) groups is 1. The van der Waals surface area contributed by atoms with Gasteiger partial charge in [-0.15, -0.1) is 0 Å². The zero-order valence-corrected chi connectivity index (χ0v) is 8.22. The van der Waals surface area contributed by atoms with Crippen LogP contribution in [0.15, 0.2) is 18.7 Å². The molecule has 0 spiro atoms. The van der Waals surface area contributed by atoms with Crippen LogP contribution in [0.4, 0.5) is 16.2 Å². The summed E-state index contributed by atoms with van der Waals surface area (Å²) in [5.41, 5.74) is 4.65. The van der Waals surface area contributed by atoms with Gasteiger partial charge in [0.15, 0.2) is 0 Å². The average molecular weight is 187 g/mol. The van der Waals surface area contributed by atoms with Crippen molar-refractivity contribution in [2.75, 3.05) is 5.32 Å². The highest BCUT2D eigenvalue weighted by atomic mass is 16.2. The number of rotatable bonds is 1. The summed E-state index contributed by atoms with van der Waals surface area (Å²) in [6, 6.07) is 3.52. The van der Waals surface area contributed by atoms with E-state index >= 15 is 0 Å². The molecule has 0 aromatic heterocycles. The summed E-state index contributed by atoms with van der Waals surface area (Å²) < 4.78 is 0. The van der Waals surface area contributed by atoms with Crippen molar-refractivity contribution in [3.8, 4) is 0 Å². The second-order valence-corrected chi connectivity index (χ2v) is 3.51. The molecule has 14 heavy (non-hydrogen) atoms. The highest BCUT2D eigenvalue weighted by Crippen LogP contribution is 2.32. The molecule has 1 N–H and O–H groups in total. The molecule has 3 nitrogen and oxygen atoms in total. The molecule has 3 heteroatoms. The first-order valence-corrected chi connectivity index (χ1v) is 4.41. The first-order chi connectivity index (χ1) is 6.58. The number of carbonyl (C=O) groups excluding carboxylic acids is 1. The Hall–Kier alpha value is -1.77. The predicted octanol–water partition coefficient (Wildman–Crippen LogP) is 2.81. The number of allylic oxidation sites excluding steroid dienone is 1. The summed E-state index contributed by atoms with van der Waals surface area (Å²) in [5, 5.41) is 6.51. The largest absolute Gasteiger partial charge is 0.346 e. The molecule has 1 aromatic rings. The van der Waals surface area contributed by atoms with Crippen molar-refractivity contribution in [3.63, 3.8) is 0 Å². The number of nitrogens with one attached hydrogen (secondary N) is 1. The maximum absolute atomic E-state index is 11.0. The first-order valence-electron chi connectivity index (χ1n) is 4.41. The summed E-state index contributed by atoms with van der Waals surface area (Å²) in [7, 11) is 0. The number of amides is 2. The van der Waals surface area contributed by atoms with Gasteiger partial charge in [0.1, 0.15) is 0 Å². The topological polar surface area (TPSA) is 43.2 Å². The van der Waals surface area contributed by atoms with E-state index in [1.165, 1.54) is 0 Å². The third-order valence-corrected chi connectivity index (χ3v) is 2.27. The Morgan fingerprint density at radius 2 is 2.21 bits per heavy atom. The monoisotopic (exact) mass is 187 g/mol. The average Bonchev–Trinajstić information content (AvgIpc) is 2.42. The van der Waals surface area contributed by atoms with E-state index in [-0.39, 0.29) is 6.03 Å². The van der Waals surface area contributed by atoms with Crippen molar-refractivity contribution in [3.05, 3.63) is 29.8 Å². The molecule has 0 aliphatic carbocycles. The number of urea groups is 1. The van der Waals surface area contributed by atoms with Crippen LogP contribution < -0.4 is 10.6 Å². The molecule has 1 aliphatic heterocycles. The van der Waals surface area contributed by atoms with Gasteiger partial charge in [-0.3, -0.25) is 0 Å².